The van der Waals surface area contributed by atoms with Gasteiger partial charge in [0.1, 0.15) is 18.3 Å². The van der Waals surface area contributed by atoms with E-state index in [0.717, 1.165) is 17.1 Å². The number of halogens is 2. The number of hydrogen-bond acceptors (Lipinski definition) is 5. The molecule has 40 heavy (non-hydrogen) atoms. The van der Waals surface area contributed by atoms with Crippen LogP contribution in [0.15, 0.2) is 77.7 Å². The molecule has 1 atom stereocenters. The van der Waals surface area contributed by atoms with Gasteiger partial charge in [0, 0.05) is 19.2 Å². The van der Waals surface area contributed by atoms with Crippen molar-refractivity contribution >= 4 is 50.7 Å². The maximum absolute atomic E-state index is 13.9. The van der Waals surface area contributed by atoms with Crippen LogP contribution in [-0.4, -0.2) is 51.4 Å². The monoisotopic (exact) mass is 605 g/mol. The van der Waals surface area contributed by atoms with Gasteiger partial charge in [-0.1, -0.05) is 66.9 Å². The van der Waals surface area contributed by atoms with Gasteiger partial charge in [0.25, 0.3) is 10.0 Å². The number of amides is 2. The molecule has 0 heterocycles. The van der Waals surface area contributed by atoms with E-state index in [1.165, 1.54) is 30.2 Å². The normalized spacial score (nSPS) is 11.9. The third-order valence-electron chi connectivity index (χ3n) is 6.29. The summed E-state index contributed by atoms with van der Waals surface area (Å²) < 4.78 is 33.9. The number of unbranched alkanes of at least 4 members (excludes halogenated alkanes) is 1. The summed E-state index contributed by atoms with van der Waals surface area (Å²) in [7, 11) is -2.69. The second-order valence-corrected chi connectivity index (χ2v) is 11.8. The number of carbonyl (C=O) groups excluding carboxylic acids is 2. The first-order chi connectivity index (χ1) is 19.1. The minimum atomic E-state index is -4.17. The maximum Gasteiger partial charge on any atom is 0.264 e. The first-order valence-electron chi connectivity index (χ1n) is 12.8. The van der Waals surface area contributed by atoms with Crippen LogP contribution >= 0.6 is 23.2 Å². The highest BCUT2D eigenvalue weighted by atomic mass is 35.5. The van der Waals surface area contributed by atoms with Crippen molar-refractivity contribution in [3.05, 3.63) is 88.4 Å². The Bertz CT molecular complexity index is 1420. The Morgan fingerprint density at radius 2 is 1.70 bits per heavy atom. The summed E-state index contributed by atoms with van der Waals surface area (Å²) in [6.45, 7) is 3.54. The van der Waals surface area contributed by atoms with Crippen LogP contribution in [0.3, 0.4) is 0 Å². The zero-order chi connectivity index (χ0) is 29.3. The molecule has 0 aliphatic rings. The van der Waals surface area contributed by atoms with Crippen molar-refractivity contribution in [1.82, 2.24) is 10.2 Å². The molecular formula is C29H33Cl2N3O5S. The Balaban J connectivity index is 2.02. The van der Waals surface area contributed by atoms with E-state index in [4.69, 9.17) is 27.9 Å². The minimum absolute atomic E-state index is 0.00935. The Hall–Kier alpha value is -3.27. The van der Waals surface area contributed by atoms with Crippen molar-refractivity contribution in [3.63, 3.8) is 0 Å². The first kappa shape index (κ1) is 31.3. The molecule has 0 bridgehead atoms. The van der Waals surface area contributed by atoms with Gasteiger partial charge >= 0.3 is 0 Å². The molecule has 2 amide bonds. The van der Waals surface area contributed by atoms with E-state index in [0.29, 0.717) is 27.9 Å². The van der Waals surface area contributed by atoms with Crippen LogP contribution in [0.5, 0.6) is 5.75 Å². The highest BCUT2D eigenvalue weighted by Gasteiger charge is 2.32. The number of hydrogen-bond donors (Lipinski definition) is 1. The van der Waals surface area contributed by atoms with Gasteiger partial charge in [0.05, 0.1) is 27.7 Å². The number of rotatable bonds is 13. The van der Waals surface area contributed by atoms with Crippen molar-refractivity contribution in [2.75, 3.05) is 24.5 Å². The lowest BCUT2D eigenvalue weighted by Gasteiger charge is -2.32. The molecule has 0 aliphatic heterocycles. The number of benzene rings is 3. The molecule has 3 aromatic carbocycles. The van der Waals surface area contributed by atoms with Crippen molar-refractivity contribution in [1.29, 1.82) is 0 Å². The van der Waals surface area contributed by atoms with E-state index in [2.05, 4.69) is 5.32 Å². The molecule has 3 rings (SSSR count). The van der Waals surface area contributed by atoms with Gasteiger partial charge in [-0.15, -0.1) is 0 Å². The molecule has 0 saturated carbocycles. The zero-order valence-corrected chi connectivity index (χ0v) is 25.0. The van der Waals surface area contributed by atoms with Gasteiger partial charge in [-0.25, -0.2) is 8.42 Å². The molecule has 0 aromatic heterocycles. The average Bonchev–Trinajstić information content (AvgIpc) is 2.96. The molecule has 0 radical (unpaired) electrons. The summed E-state index contributed by atoms with van der Waals surface area (Å²) in [5.74, 6) is -0.498. The summed E-state index contributed by atoms with van der Waals surface area (Å²) >= 11 is 12.3. The number of nitrogens with one attached hydrogen (secondary N) is 1. The SMILES string of the molecule is CCCCNC(=O)C(C)N(Cc1ccc(Cl)c(Cl)c1)C(=O)CN(c1cccc(OC)c1)S(=O)(=O)c1ccccc1. The quantitative estimate of drug-likeness (QED) is 0.258. The molecule has 11 heteroatoms. The van der Waals surface area contributed by atoms with Crippen LogP contribution in [0.2, 0.25) is 10.0 Å². The Morgan fingerprint density at radius 1 is 0.975 bits per heavy atom. The van der Waals surface area contributed by atoms with Gasteiger partial charge < -0.3 is 15.0 Å². The predicted molar refractivity (Wildman–Crippen MR) is 158 cm³/mol. The lowest BCUT2D eigenvalue weighted by Crippen LogP contribution is -2.51. The number of ether oxygens (including phenoxy) is 1. The number of anilines is 1. The van der Waals surface area contributed by atoms with Crippen LogP contribution in [0.1, 0.15) is 32.3 Å². The Morgan fingerprint density at radius 3 is 2.35 bits per heavy atom. The maximum atomic E-state index is 13.9. The van der Waals surface area contributed by atoms with Crippen molar-refractivity contribution in [3.8, 4) is 5.75 Å². The number of carbonyl (C=O) groups is 2. The fourth-order valence-electron chi connectivity index (χ4n) is 3.97. The number of sulfonamides is 1. The summed E-state index contributed by atoms with van der Waals surface area (Å²) in [6.07, 6.45) is 1.69. The van der Waals surface area contributed by atoms with Gasteiger partial charge in [-0.2, -0.15) is 0 Å². The highest BCUT2D eigenvalue weighted by molar-refractivity contribution is 7.92. The number of nitrogens with zero attached hydrogens (tertiary/aromatic N) is 2. The van der Waals surface area contributed by atoms with Crippen LogP contribution in [-0.2, 0) is 26.2 Å². The van der Waals surface area contributed by atoms with Crippen LogP contribution in [0.25, 0.3) is 0 Å². The number of methoxy groups -OCH3 is 1. The molecule has 214 valence electrons. The van der Waals surface area contributed by atoms with Crippen LogP contribution in [0, 0.1) is 0 Å². The van der Waals surface area contributed by atoms with E-state index in [1.54, 1.807) is 61.5 Å². The highest BCUT2D eigenvalue weighted by Crippen LogP contribution is 2.28. The summed E-state index contributed by atoms with van der Waals surface area (Å²) in [6, 6.07) is 18.3. The van der Waals surface area contributed by atoms with Gasteiger partial charge in [-0.05, 0) is 55.3 Å². The van der Waals surface area contributed by atoms with E-state index in [9.17, 15) is 18.0 Å². The predicted octanol–water partition coefficient (Wildman–Crippen LogP) is 5.53. The molecule has 0 saturated heterocycles. The molecule has 1 unspecified atom stereocenters. The molecular weight excluding hydrogens is 573 g/mol. The Kier molecular flexibility index (Phi) is 11.2. The zero-order valence-electron chi connectivity index (χ0n) is 22.6. The summed E-state index contributed by atoms with van der Waals surface area (Å²) in [4.78, 5) is 28.3. The van der Waals surface area contributed by atoms with E-state index < -0.39 is 28.5 Å². The fraction of sp³-hybridized carbons (Fsp3) is 0.310. The molecule has 1 N–H and O–H groups in total. The average molecular weight is 607 g/mol. The third-order valence-corrected chi connectivity index (χ3v) is 8.81. The van der Waals surface area contributed by atoms with Gasteiger partial charge in [0.15, 0.2) is 0 Å². The second-order valence-electron chi connectivity index (χ2n) is 9.12. The van der Waals surface area contributed by atoms with Gasteiger partial charge in [-0.3, -0.25) is 13.9 Å². The first-order valence-corrected chi connectivity index (χ1v) is 15.0. The van der Waals surface area contributed by atoms with Crippen LogP contribution in [0.4, 0.5) is 5.69 Å². The summed E-state index contributed by atoms with van der Waals surface area (Å²) in [5, 5.41) is 3.51. The topological polar surface area (TPSA) is 96.0 Å². The second kappa shape index (κ2) is 14.4. The summed E-state index contributed by atoms with van der Waals surface area (Å²) in [5.41, 5.74) is 0.876. The van der Waals surface area contributed by atoms with E-state index >= 15 is 0 Å². The standard InChI is InChI=1S/C29H33Cl2N3O5S/c1-4-5-16-32-29(36)21(2)33(19-22-14-15-26(30)27(31)17-22)28(35)20-34(23-10-9-11-24(18-23)39-3)40(37,38)25-12-7-6-8-13-25/h6-15,17-18,21H,4-5,16,19-20H2,1-3H3,(H,32,36). The fourth-order valence-corrected chi connectivity index (χ4v) is 5.72. The smallest absolute Gasteiger partial charge is 0.264 e. The largest absolute Gasteiger partial charge is 0.497 e. The third kappa shape index (κ3) is 7.90. The molecule has 0 spiro atoms. The van der Waals surface area contributed by atoms with Crippen molar-refractivity contribution in [2.24, 2.45) is 0 Å². The lowest BCUT2D eigenvalue weighted by atomic mass is 10.1. The van der Waals surface area contributed by atoms with Gasteiger partial charge in [0.2, 0.25) is 11.8 Å². The van der Waals surface area contributed by atoms with Crippen molar-refractivity contribution < 1.29 is 22.7 Å². The molecule has 8 nitrogen and oxygen atoms in total. The molecule has 0 aliphatic carbocycles. The van der Waals surface area contributed by atoms with Crippen molar-refractivity contribution in [2.45, 2.75) is 44.2 Å². The minimum Gasteiger partial charge on any atom is -0.497 e. The van der Waals surface area contributed by atoms with E-state index in [1.807, 2.05) is 6.92 Å². The van der Waals surface area contributed by atoms with Crippen LogP contribution < -0.4 is 14.4 Å². The molecule has 0 fully saturated rings. The van der Waals surface area contributed by atoms with E-state index in [-0.39, 0.29) is 23.0 Å². The lowest BCUT2D eigenvalue weighted by molar-refractivity contribution is -0.139. The molecule has 3 aromatic rings. The Labute approximate surface area is 245 Å².